The predicted octanol–water partition coefficient (Wildman–Crippen LogP) is 3.37. The Hall–Kier alpha value is -0.980. The van der Waals surface area contributed by atoms with Gasteiger partial charge in [-0.15, -0.1) is 0 Å². The molecule has 1 aromatic carbocycles. The average molecular weight is 371 g/mol. The molecule has 1 unspecified atom stereocenters. The molecule has 1 heterocycles. The first kappa shape index (κ1) is 16.4. The minimum absolute atomic E-state index is 0.00653. The fourth-order valence-electron chi connectivity index (χ4n) is 2.31. The topological polar surface area (TPSA) is 64.3 Å². The number of amides is 1. The second-order valence-electron chi connectivity index (χ2n) is 5.13. The van der Waals surface area contributed by atoms with Gasteiger partial charge in [0.2, 0.25) is 5.91 Å². The van der Waals surface area contributed by atoms with Gasteiger partial charge in [0.05, 0.1) is 11.8 Å². The van der Waals surface area contributed by atoms with E-state index in [1.807, 2.05) is 6.07 Å². The number of thiocarbonyl (C=S) groups is 1. The highest BCUT2D eigenvalue weighted by Gasteiger charge is 2.15. The van der Waals surface area contributed by atoms with Crippen LogP contribution in [0.5, 0.6) is 0 Å². The van der Waals surface area contributed by atoms with Gasteiger partial charge in [-0.3, -0.25) is 4.79 Å². The van der Waals surface area contributed by atoms with Gasteiger partial charge in [0.25, 0.3) is 0 Å². The summed E-state index contributed by atoms with van der Waals surface area (Å²) < 4.78 is 6.40. The van der Waals surface area contributed by atoms with Gasteiger partial charge in [-0.1, -0.05) is 12.2 Å². The molecule has 21 heavy (non-hydrogen) atoms. The lowest BCUT2D eigenvalue weighted by Crippen LogP contribution is -2.21. The van der Waals surface area contributed by atoms with Crippen LogP contribution in [0.2, 0.25) is 0 Å². The molecule has 1 fully saturated rings. The molecular formula is C15H19BrN2O2S. The number of benzene rings is 1. The number of nitrogens with two attached hydrogens (primary N) is 1. The molecule has 1 aromatic rings. The maximum absolute atomic E-state index is 12.0. The summed E-state index contributed by atoms with van der Waals surface area (Å²) in [6.07, 6.45) is 4.84. The molecule has 0 aromatic heterocycles. The molecule has 1 aliphatic rings. The van der Waals surface area contributed by atoms with Gasteiger partial charge in [-0.05, 0) is 59.8 Å². The number of hydrogen-bond acceptors (Lipinski definition) is 3. The van der Waals surface area contributed by atoms with E-state index in [1.165, 1.54) is 6.42 Å². The van der Waals surface area contributed by atoms with Crippen LogP contribution in [0, 0.1) is 0 Å². The lowest BCUT2D eigenvalue weighted by Gasteiger charge is -2.22. The third-order valence-corrected chi connectivity index (χ3v) is 4.39. The van der Waals surface area contributed by atoms with E-state index in [1.54, 1.807) is 12.1 Å². The lowest BCUT2D eigenvalue weighted by molar-refractivity contribution is -0.117. The van der Waals surface area contributed by atoms with E-state index in [-0.39, 0.29) is 12.0 Å². The monoisotopic (exact) mass is 370 g/mol. The minimum Gasteiger partial charge on any atom is -0.389 e. The molecular weight excluding hydrogens is 352 g/mol. The van der Waals surface area contributed by atoms with E-state index in [2.05, 4.69) is 21.2 Å². The van der Waals surface area contributed by atoms with Crippen molar-refractivity contribution in [1.29, 1.82) is 0 Å². The number of carbonyl (C=O) groups is 1. The molecule has 6 heteroatoms. The van der Waals surface area contributed by atoms with Crippen LogP contribution in [-0.4, -0.2) is 23.6 Å². The van der Waals surface area contributed by atoms with E-state index in [9.17, 15) is 4.79 Å². The number of halogens is 1. The zero-order valence-electron chi connectivity index (χ0n) is 11.7. The summed E-state index contributed by atoms with van der Waals surface area (Å²) in [6, 6.07) is 5.41. The average Bonchev–Trinajstić information content (AvgIpc) is 2.48. The molecule has 0 bridgehead atoms. The maximum atomic E-state index is 12.0. The Morgan fingerprint density at radius 3 is 2.90 bits per heavy atom. The van der Waals surface area contributed by atoms with Crippen LogP contribution in [0.25, 0.3) is 0 Å². The molecule has 2 rings (SSSR count). The highest BCUT2D eigenvalue weighted by atomic mass is 79.9. The fraction of sp³-hybridized carbons (Fsp3) is 0.467. The van der Waals surface area contributed by atoms with Gasteiger partial charge in [0.15, 0.2) is 0 Å². The van der Waals surface area contributed by atoms with E-state index in [4.69, 9.17) is 22.7 Å². The van der Waals surface area contributed by atoms with Crippen molar-refractivity contribution < 1.29 is 9.53 Å². The first-order chi connectivity index (χ1) is 10.1. The minimum atomic E-state index is -0.00653. The molecule has 0 radical (unpaired) electrons. The second-order valence-corrected chi connectivity index (χ2v) is 6.43. The van der Waals surface area contributed by atoms with E-state index >= 15 is 0 Å². The molecule has 1 amide bonds. The van der Waals surface area contributed by atoms with Gasteiger partial charge in [-0.2, -0.15) is 0 Å². The van der Waals surface area contributed by atoms with Crippen LogP contribution >= 0.6 is 28.1 Å². The predicted molar refractivity (Wildman–Crippen MR) is 91.5 cm³/mol. The summed E-state index contributed by atoms with van der Waals surface area (Å²) in [5.74, 6) is -0.00653. The Bertz CT molecular complexity index is 530. The molecule has 1 saturated heterocycles. The van der Waals surface area contributed by atoms with Crippen molar-refractivity contribution in [2.45, 2.75) is 38.2 Å². The third kappa shape index (κ3) is 5.05. The van der Waals surface area contributed by atoms with Crippen LogP contribution in [-0.2, 0) is 9.53 Å². The standard InChI is InChI=1S/C15H19BrN2O2S/c16-12-9-10(15(17)21)4-6-13(12)18-14(19)7-5-11-3-1-2-8-20-11/h4,6,9,11H,1-3,5,7-8H2,(H2,17,21)(H,18,19). The molecule has 4 nitrogen and oxygen atoms in total. The van der Waals surface area contributed by atoms with Crippen molar-refractivity contribution in [2.75, 3.05) is 11.9 Å². The molecule has 0 saturated carbocycles. The number of anilines is 1. The zero-order chi connectivity index (χ0) is 15.2. The number of hydrogen-bond donors (Lipinski definition) is 2. The van der Waals surface area contributed by atoms with Crippen molar-refractivity contribution in [3.05, 3.63) is 28.2 Å². The summed E-state index contributed by atoms with van der Waals surface area (Å²) in [5.41, 5.74) is 7.07. The Balaban J connectivity index is 1.85. The first-order valence-electron chi connectivity index (χ1n) is 7.07. The van der Waals surface area contributed by atoms with Crippen LogP contribution in [0.1, 0.15) is 37.7 Å². The molecule has 1 aliphatic heterocycles. The highest BCUT2D eigenvalue weighted by molar-refractivity contribution is 9.10. The SMILES string of the molecule is NC(=S)c1ccc(NC(=O)CCC2CCCCO2)c(Br)c1. The van der Waals surface area contributed by atoms with Gasteiger partial charge in [0, 0.05) is 23.1 Å². The summed E-state index contributed by atoms with van der Waals surface area (Å²) in [7, 11) is 0. The molecule has 3 N–H and O–H groups in total. The maximum Gasteiger partial charge on any atom is 0.224 e. The van der Waals surface area contributed by atoms with Crippen molar-refractivity contribution in [3.63, 3.8) is 0 Å². The Morgan fingerprint density at radius 2 is 2.29 bits per heavy atom. The van der Waals surface area contributed by atoms with Gasteiger partial charge >= 0.3 is 0 Å². The van der Waals surface area contributed by atoms with Crippen molar-refractivity contribution in [3.8, 4) is 0 Å². The lowest BCUT2D eigenvalue weighted by atomic mass is 10.0. The van der Waals surface area contributed by atoms with Crippen LogP contribution in [0.15, 0.2) is 22.7 Å². The Labute approximate surface area is 138 Å². The van der Waals surface area contributed by atoms with Gasteiger partial charge in [0.1, 0.15) is 4.99 Å². The Kier molecular flexibility index (Phi) is 6.14. The normalized spacial score (nSPS) is 18.2. The molecule has 114 valence electrons. The number of nitrogens with one attached hydrogen (secondary N) is 1. The largest absolute Gasteiger partial charge is 0.389 e. The molecule has 0 spiro atoms. The third-order valence-electron chi connectivity index (χ3n) is 3.50. The fourth-order valence-corrected chi connectivity index (χ4v) is 2.91. The van der Waals surface area contributed by atoms with E-state index in [0.717, 1.165) is 41.6 Å². The van der Waals surface area contributed by atoms with Gasteiger partial charge < -0.3 is 15.8 Å². The van der Waals surface area contributed by atoms with Crippen LogP contribution in [0.4, 0.5) is 5.69 Å². The number of ether oxygens (including phenoxy) is 1. The summed E-state index contributed by atoms with van der Waals surface area (Å²) in [6.45, 7) is 0.818. The van der Waals surface area contributed by atoms with Crippen LogP contribution in [0.3, 0.4) is 0 Å². The van der Waals surface area contributed by atoms with Crippen molar-refractivity contribution in [1.82, 2.24) is 0 Å². The molecule has 1 atom stereocenters. The second kappa shape index (κ2) is 7.87. The van der Waals surface area contributed by atoms with Gasteiger partial charge in [-0.25, -0.2) is 0 Å². The summed E-state index contributed by atoms with van der Waals surface area (Å²) in [4.78, 5) is 12.3. The quantitative estimate of drug-likeness (QED) is 0.779. The Morgan fingerprint density at radius 1 is 1.48 bits per heavy atom. The smallest absolute Gasteiger partial charge is 0.224 e. The summed E-state index contributed by atoms with van der Waals surface area (Å²) in [5, 5.41) is 2.89. The van der Waals surface area contributed by atoms with Crippen molar-refractivity contribution >= 4 is 44.7 Å². The number of rotatable bonds is 5. The first-order valence-corrected chi connectivity index (χ1v) is 8.27. The van der Waals surface area contributed by atoms with Crippen LogP contribution < -0.4 is 11.1 Å². The number of carbonyl (C=O) groups excluding carboxylic acids is 1. The summed E-state index contributed by atoms with van der Waals surface area (Å²) >= 11 is 8.34. The van der Waals surface area contributed by atoms with Crippen molar-refractivity contribution in [2.24, 2.45) is 5.73 Å². The van der Waals surface area contributed by atoms with E-state index < -0.39 is 0 Å². The molecule has 0 aliphatic carbocycles. The highest BCUT2D eigenvalue weighted by Crippen LogP contribution is 2.24. The zero-order valence-corrected chi connectivity index (χ0v) is 14.1. The van der Waals surface area contributed by atoms with E-state index in [0.29, 0.717) is 11.4 Å².